The van der Waals surface area contributed by atoms with Crippen LogP contribution in [0, 0.1) is 5.92 Å². The fourth-order valence-electron chi connectivity index (χ4n) is 3.64. The lowest BCUT2D eigenvalue weighted by Gasteiger charge is -2.23. The molecule has 0 bridgehead atoms. The van der Waals surface area contributed by atoms with Crippen molar-refractivity contribution in [1.82, 2.24) is 0 Å². The van der Waals surface area contributed by atoms with Crippen LogP contribution in [0.25, 0.3) is 0 Å². The Hall–Kier alpha value is -1.35. The molecule has 0 spiro atoms. The monoisotopic (exact) mass is 346 g/mol. The van der Waals surface area contributed by atoms with Gasteiger partial charge in [-0.1, -0.05) is 43.2 Å². The van der Waals surface area contributed by atoms with Gasteiger partial charge < -0.3 is 9.47 Å². The Kier molecular flexibility index (Phi) is 6.67. The molecule has 3 heteroatoms. The minimum atomic E-state index is -0.215. The van der Waals surface area contributed by atoms with Gasteiger partial charge in [-0.15, -0.1) is 0 Å². The Bertz CT molecular complexity index is 582. The molecule has 2 aliphatic rings. The Balaban J connectivity index is 2.28. The van der Waals surface area contributed by atoms with Gasteiger partial charge in [0.1, 0.15) is 6.10 Å². The van der Waals surface area contributed by atoms with E-state index in [0.29, 0.717) is 12.0 Å². The van der Waals surface area contributed by atoms with Gasteiger partial charge in [-0.05, 0) is 57.9 Å². The van der Waals surface area contributed by atoms with Crippen LogP contribution >= 0.6 is 0 Å². The molecular formula is C22H34O3. The Morgan fingerprint density at radius 2 is 2.00 bits per heavy atom. The number of carbonyl (C=O) groups is 1. The quantitative estimate of drug-likeness (QED) is 0.376. The number of allylic oxidation sites excluding steroid dienone is 4. The Morgan fingerprint density at radius 3 is 2.64 bits per heavy atom. The van der Waals surface area contributed by atoms with Gasteiger partial charge in [0, 0.05) is 13.3 Å². The second-order valence-corrected chi connectivity index (χ2v) is 8.18. The lowest BCUT2D eigenvalue weighted by atomic mass is 9.90. The summed E-state index contributed by atoms with van der Waals surface area (Å²) in [6.07, 6.45) is 11.8. The summed E-state index contributed by atoms with van der Waals surface area (Å²) < 4.78 is 11.6. The minimum Gasteiger partial charge on any atom is -0.458 e. The molecule has 0 aromatic heterocycles. The van der Waals surface area contributed by atoms with Crippen molar-refractivity contribution in [2.45, 2.75) is 91.5 Å². The molecule has 1 fully saturated rings. The summed E-state index contributed by atoms with van der Waals surface area (Å²) in [6.45, 7) is 12.4. The van der Waals surface area contributed by atoms with Gasteiger partial charge in [0.2, 0.25) is 0 Å². The fraction of sp³-hybridized carbons (Fsp3) is 0.682. The molecule has 3 nitrogen and oxygen atoms in total. The van der Waals surface area contributed by atoms with E-state index < -0.39 is 0 Å². The second-order valence-electron chi connectivity index (χ2n) is 8.18. The molecule has 3 atom stereocenters. The lowest BCUT2D eigenvalue weighted by molar-refractivity contribution is -0.144. The van der Waals surface area contributed by atoms with Gasteiger partial charge >= 0.3 is 5.97 Å². The van der Waals surface area contributed by atoms with Crippen LogP contribution in [0.15, 0.2) is 34.9 Å². The molecule has 140 valence electrons. The molecule has 0 aromatic rings. The third-order valence-corrected chi connectivity index (χ3v) is 5.38. The molecule has 1 aliphatic carbocycles. The van der Waals surface area contributed by atoms with E-state index in [1.807, 2.05) is 0 Å². The average Bonchev–Trinajstić information content (AvgIpc) is 3.14. The molecule has 1 heterocycles. The predicted octanol–water partition coefficient (Wildman–Crippen LogP) is 5.51. The van der Waals surface area contributed by atoms with Crippen molar-refractivity contribution in [2.24, 2.45) is 5.92 Å². The first-order chi connectivity index (χ1) is 11.7. The smallest absolute Gasteiger partial charge is 0.303 e. The lowest BCUT2D eigenvalue weighted by Crippen LogP contribution is -2.22. The fourth-order valence-corrected chi connectivity index (χ4v) is 3.64. The van der Waals surface area contributed by atoms with Gasteiger partial charge in [-0.25, -0.2) is 0 Å². The van der Waals surface area contributed by atoms with E-state index in [0.717, 1.165) is 32.1 Å². The minimum absolute atomic E-state index is 0.0510. The highest BCUT2D eigenvalue weighted by atomic mass is 16.6. The normalized spacial score (nSPS) is 31.2. The molecule has 2 rings (SSSR count). The van der Waals surface area contributed by atoms with Crippen LogP contribution in [0.1, 0.15) is 73.6 Å². The van der Waals surface area contributed by atoms with Gasteiger partial charge in [0.15, 0.2) is 0 Å². The van der Waals surface area contributed by atoms with E-state index in [9.17, 15) is 4.79 Å². The molecule has 0 aromatic carbocycles. The van der Waals surface area contributed by atoms with Gasteiger partial charge in [-0.2, -0.15) is 0 Å². The molecule has 1 saturated heterocycles. The first-order valence-corrected chi connectivity index (χ1v) is 9.59. The van der Waals surface area contributed by atoms with Gasteiger partial charge in [0.05, 0.1) is 11.7 Å². The van der Waals surface area contributed by atoms with E-state index in [4.69, 9.17) is 9.47 Å². The maximum Gasteiger partial charge on any atom is 0.303 e. The van der Waals surface area contributed by atoms with Crippen molar-refractivity contribution >= 4 is 5.97 Å². The first-order valence-electron chi connectivity index (χ1n) is 9.59. The number of epoxide rings is 1. The number of ether oxygens (including phenoxy) is 2. The third kappa shape index (κ3) is 5.85. The summed E-state index contributed by atoms with van der Waals surface area (Å²) in [5.74, 6) is 0.122. The highest BCUT2D eigenvalue weighted by Crippen LogP contribution is 2.43. The number of rotatable bonds is 2. The maximum atomic E-state index is 11.6. The van der Waals surface area contributed by atoms with Crippen molar-refractivity contribution in [1.29, 1.82) is 0 Å². The van der Waals surface area contributed by atoms with E-state index in [1.165, 1.54) is 23.6 Å². The molecule has 1 aliphatic heterocycles. The molecule has 25 heavy (non-hydrogen) atoms. The maximum absolute atomic E-state index is 11.6. The van der Waals surface area contributed by atoms with E-state index >= 15 is 0 Å². The molecule has 0 N–H and O–H groups in total. The number of esters is 1. The van der Waals surface area contributed by atoms with Gasteiger partial charge in [-0.3, -0.25) is 4.79 Å². The molecular weight excluding hydrogens is 312 g/mol. The summed E-state index contributed by atoms with van der Waals surface area (Å²) in [4.78, 5) is 11.6. The zero-order chi connectivity index (χ0) is 18.6. The predicted molar refractivity (Wildman–Crippen MR) is 102 cm³/mol. The van der Waals surface area contributed by atoms with E-state index in [2.05, 4.69) is 52.8 Å². The first kappa shape index (κ1) is 20.0. The van der Waals surface area contributed by atoms with Crippen molar-refractivity contribution in [3.05, 3.63) is 34.9 Å². The summed E-state index contributed by atoms with van der Waals surface area (Å²) in [7, 11) is 0. The Morgan fingerprint density at radius 1 is 1.28 bits per heavy atom. The standard InChI is InChI=1S/C22H34O3/c1-15(2)19-11-9-16(3)10-12-21-22(6,25-21)13-7-8-17(4)14-20(19)24-18(5)23/h8-9,11,15,20-21H,7,10,12-14H2,1-6H3. The molecule has 0 amide bonds. The summed E-state index contributed by atoms with van der Waals surface area (Å²) in [6, 6.07) is 0. The second kappa shape index (κ2) is 8.35. The molecule has 3 unspecified atom stereocenters. The van der Waals surface area contributed by atoms with Gasteiger partial charge in [0.25, 0.3) is 0 Å². The zero-order valence-electron chi connectivity index (χ0n) is 16.7. The van der Waals surface area contributed by atoms with Crippen LogP contribution in [0.4, 0.5) is 0 Å². The van der Waals surface area contributed by atoms with Crippen molar-refractivity contribution < 1.29 is 14.3 Å². The van der Waals surface area contributed by atoms with Crippen LogP contribution in [-0.2, 0) is 14.3 Å². The number of fused-ring (bicyclic) bond motifs is 1. The third-order valence-electron chi connectivity index (χ3n) is 5.38. The van der Waals surface area contributed by atoms with Crippen molar-refractivity contribution in [2.75, 3.05) is 0 Å². The SMILES string of the molecule is CC(=O)OC1CC(C)=CCCC2(C)OC2CCC(C)=CC=C1C(C)C. The number of hydrogen-bond acceptors (Lipinski definition) is 3. The highest BCUT2D eigenvalue weighted by molar-refractivity contribution is 5.66. The van der Waals surface area contributed by atoms with Crippen LogP contribution in [0.5, 0.6) is 0 Å². The Labute approximate surface area is 153 Å². The van der Waals surface area contributed by atoms with Crippen LogP contribution in [0.2, 0.25) is 0 Å². The molecule has 0 saturated carbocycles. The van der Waals surface area contributed by atoms with Crippen LogP contribution < -0.4 is 0 Å². The van der Waals surface area contributed by atoms with Crippen molar-refractivity contribution in [3.63, 3.8) is 0 Å². The molecule has 0 radical (unpaired) electrons. The van der Waals surface area contributed by atoms with Crippen molar-refractivity contribution in [3.8, 4) is 0 Å². The number of hydrogen-bond donors (Lipinski definition) is 0. The summed E-state index contributed by atoms with van der Waals surface area (Å²) >= 11 is 0. The topological polar surface area (TPSA) is 38.8 Å². The highest BCUT2D eigenvalue weighted by Gasteiger charge is 2.50. The average molecular weight is 347 g/mol. The van der Waals surface area contributed by atoms with Crippen LogP contribution in [-0.4, -0.2) is 23.8 Å². The number of carbonyl (C=O) groups excluding carboxylic acids is 1. The summed E-state index contributed by atoms with van der Waals surface area (Å²) in [5.41, 5.74) is 3.86. The van der Waals surface area contributed by atoms with E-state index in [1.54, 1.807) is 0 Å². The zero-order valence-corrected chi connectivity index (χ0v) is 16.7. The largest absolute Gasteiger partial charge is 0.458 e. The summed E-state index contributed by atoms with van der Waals surface area (Å²) in [5, 5.41) is 0. The van der Waals surface area contributed by atoms with E-state index in [-0.39, 0.29) is 17.7 Å². The van der Waals surface area contributed by atoms with Crippen LogP contribution in [0.3, 0.4) is 0 Å².